The minimum absolute atomic E-state index is 1.13. The van der Waals surface area contributed by atoms with Crippen LogP contribution in [0.25, 0.3) is 93.3 Å². The first kappa shape index (κ1) is 26.4. The highest BCUT2D eigenvalue weighted by Crippen LogP contribution is 2.43. The summed E-state index contributed by atoms with van der Waals surface area (Å²) in [6, 6.07) is 57.3. The van der Waals surface area contributed by atoms with E-state index in [1.807, 2.05) is 12.4 Å². The summed E-state index contributed by atoms with van der Waals surface area (Å²) < 4.78 is 7.25. The fourth-order valence-corrected chi connectivity index (χ4v) is 8.22. The van der Waals surface area contributed by atoms with Crippen LogP contribution in [0.5, 0.6) is 0 Å². The van der Waals surface area contributed by atoms with Crippen LogP contribution in [0, 0.1) is 0 Å². The lowest BCUT2D eigenvalue weighted by atomic mass is 10.1. The summed E-state index contributed by atoms with van der Waals surface area (Å²) >= 11 is 0. The number of pyridine rings is 1. The molecule has 0 radical (unpaired) electrons. The van der Waals surface area contributed by atoms with Crippen LogP contribution in [0.2, 0.25) is 0 Å². The fraction of sp³-hybridized carbons (Fsp3) is 0. The first-order valence-electron chi connectivity index (χ1n) is 16.7. The molecule has 0 amide bonds. The predicted molar refractivity (Wildman–Crippen MR) is 205 cm³/mol. The van der Waals surface area contributed by atoms with E-state index in [0.717, 1.165) is 33.5 Å². The zero-order valence-electron chi connectivity index (χ0n) is 26.5. The van der Waals surface area contributed by atoms with Crippen LogP contribution in [0.1, 0.15) is 0 Å². The van der Waals surface area contributed by atoms with Crippen molar-refractivity contribution in [3.8, 4) is 17.1 Å². The van der Waals surface area contributed by atoms with Crippen molar-refractivity contribution in [2.75, 3.05) is 0 Å². The number of fused-ring (bicyclic) bond motifs is 11. The van der Waals surface area contributed by atoms with Crippen molar-refractivity contribution in [2.45, 2.75) is 0 Å². The molecule has 228 valence electrons. The summed E-state index contributed by atoms with van der Waals surface area (Å²) in [4.78, 5) is 4.56. The lowest BCUT2D eigenvalue weighted by molar-refractivity contribution is 1.16. The highest BCUT2D eigenvalue weighted by Gasteiger charge is 2.22. The van der Waals surface area contributed by atoms with Gasteiger partial charge < -0.3 is 13.7 Å². The monoisotopic (exact) mass is 624 g/mol. The minimum Gasteiger partial charge on any atom is -0.309 e. The molecule has 11 rings (SSSR count). The molecular weight excluding hydrogens is 597 g/mol. The van der Waals surface area contributed by atoms with Crippen molar-refractivity contribution >= 4 is 76.2 Å². The van der Waals surface area contributed by atoms with Gasteiger partial charge in [-0.1, -0.05) is 91.0 Å². The van der Waals surface area contributed by atoms with E-state index in [-0.39, 0.29) is 0 Å². The fourth-order valence-electron chi connectivity index (χ4n) is 8.22. The largest absolute Gasteiger partial charge is 0.309 e. The number of hydrogen-bond acceptors (Lipinski definition) is 1. The average molecular weight is 625 g/mol. The molecule has 0 N–H and O–H groups in total. The zero-order chi connectivity index (χ0) is 32.1. The Kier molecular flexibility index (Phi) is 5.35. The first-order valence-corrected chi connectivity index (χ1v) is 16.7. The maximum atomic E-state index is 4.56. The molecule has 0 aliphatic carbocycles. The van der Waals surface area contributed by atoms with Gasteiger partial charge in [0.2, 0.25) is 0 Å². The molecule has 4 heterocycles. The van der Waals surface area contributed by atoms with Crippen molar-refractivity contribution < 1.29 is 0 Å². The molecule has 11 aromatic rings. The molecular formula is C45H28N4. The average Bonchev–Trinajstić information content (AvgIpc) is 3.80. The quantitative estimate of drug-likeness (QED) is 0.192. The summed E-state index contributed by atoms with van der Waals surface area (Å²) in [7, 11) is 0. The lowest BCUT2D eigenvalue weighted by Gasteiger charge is -2.12. The molecule has 0 bridgehead atoms. The molecule has 4 aromatic heterocycles. The van der Waals surface area contributed by atoms with Crippen molar-refractivity contribution in [3.05, 3.63) is 170 Å². The second-order valence-corrected chi connectivity index (χ2v) is 12.9. The molecule has 0 aliphatic rings. The van der Waals surface area contributed by atoms with Gasteiger partial charge in [0.05, 0.1) is 33.1 Å². The Morgan fingerprint density at radius 1 is 0.347 bits per heavy atom. The van der Waals surface area contributed by atoms with E-state index in [4.69, 9.17) is 0 Å². The smallest absolute Gasteiger partial charge is 0.0641 e. The van der Waals surface area contributed by atoms with Crippen molar-refractivity contribution in [3.63, 3.8) is 0 Å². The topological polar surface area (TPSA) is 27.7 Å². The normalized spacial score (nSPS) is 12.1. The molecule has 7 aromatic carbocycles. The number of benzene rings is 7. The number of nitrogens with zero attached hydrogens (tertiary/aromatic N) is 4. The van der Waals surface area contributed by atoms with Crippen LogP contribution in [0.15, 0.2) is 170 Å². The number of para-hydroxylation sites is 3. The van der Waals surface area contributed by atoms with Gasteiger partial charge in [-0.3, -0.25) is 4.98 Å². The highest BCUT2D eigenvalue weighted by molar-refractivity contribution is 6.26. The Hall–Kier alpha value is -6.65. The van der Waals surface area contributed by atoms with Crippen molar-refractivity contribution in [2.24, 2.45) is 0 Å². The van der Waals surface area contributed by atoms with Crippen LogP contribution >= 0.6 is 0 Å². The second kappa shape index (κ2) is 9.93. The number of rotatable bonds is 3. The third-order valence-electron chi connectivity index (χ3n) is 10.3. The van der Waals surface area contributed by atoms with Gasteiger partial charge in [-0.15, -0.1) is 0 Å². The van der Waals surface area contributed by atoms with Crippen LogP contribution in [0.4, 0.5) is 0 Å². The van der Waals surface area contributed by atoms with Crippen LogP contribution < -0.4 is 0 Å². The Labute approximate surface area is 281 Å². The van der Waals surface area contributed by atoms with E-state index in [0.29, 0.717) is 0 Å². The minimum atomic E-state index is 1.13. The van der Waals surface area contributed by atoms with E-state index in [1.165, 1.54) is 59.8 Å². The summed E-state index contributed by atoms with van der Waals surface area (Å²) in [6.07, 6.45) is 3.89. The Morgan fingerprint density at radius 3 is 1.86 bits per heavy atom. The summed E-state index contributed by atoms with van der Waals surface area (Å²) in [6.45, 7) is 0. The van der Waals surface area contributed by atoms with Gasteiger partial charge in [0.15, 0.2) is 0 Å². The maximum absolute atomic E-state index is 4.56. The van der Waals surface area contributed by atoms with Crippen molar-refractivity contribution in [1.29, 1.82) is 0 Å². The molecule has 0 saturated heterocycles. The molecule has 0 unspecified atom stereocenters. The lowest BCUT2D eigenvalue weighted by Crippen LogP contribution is -1.96. The summed E-state index contributed by atoms with van der Waals surface area (Å²) in [5.41, 5.74) is 10.5. The molecule has 0 atom stereocenters. The van der Waals surface area contributed by atoms with E-state index in [9.17, 15) is 0 Å². The number of aromatic nitrogens is 4. The van der Waals surface area contributed by atoms with E-state index in [2.05, 4.69) is 176 Å². The highest BCUT2D eigenvalue weighted by atomic mass is 15.0. The zero-order valence-corrected chi connectivity index (χ0v) is 26.5. The van der Waals surface area contributed by atoms with Gasteiger partial charge in [0.25, 0.3) is 0 Å². The second-order valence-electron chi connectivity index (χ2n) is 12.9. The summed E-state index contributed by atoms with van der Waals surface area (Å²) in [5.74, 6) is 0. The van der Waals surface area contributed by atoms with E-state index >= 15 is 0 Å². The van der Waals surface area contributed by atoms with Gasteiger partial charge in [0.1, 0.15) is 0 Å². The first-order chi connectivity index (χ1) is 24.3. The van der Waals surface area contributed by atoms with Gasteiger partial charge in [-0.2, -0.15) is 0 Å². The molecule has 0 spiro atoms. The molecule has 0 saturated carbocycles. The van der Waals surface area contributed by atoms with E-state index in [1.54, 1.807) is 0 Å². The summed E-state index contributed by atoms with van der Waals surface area (Å²) in [5, 5.41) is 9.79. The van der Waals surface area contributed by atoms with Gasteiger partial charge in [0, 0.05) is 61.8 Å². The Balaban J connectivity index is 1.27. The van der Waals surface area contributed by atoms with Crippen LogP contribution in [0.3, 0.4) is 0 Å². The van der Waals surface area contributed by atoms with Gasteiger partial charge in [-0.05, 0) is 77.5 Å². The molecule has 4 nitrogen and oxygen atoms in total. The molecule has 0 aliphatic heterocycles. The standard InChI is InChI=1S/C45H28N4/c1-2-12-31(13-3-1)47-41-22-20-33(27-37(41)38-28-46-25-24-42(38)47)49-39-16-8-6-14-34(39)35-21-23-43-44(45(35)49)36-15-7-9-17-40(36)48(43)32-19-18-29-10-4-5-11-30(29)26-32/h1-28H. The maximum Gasteiger partial charge on any atom is 0.0641 e. The van der Waals surface area contributed by atoms with Gasteiger partial charge in [-0.25, -0.2) is 0 Å². The third-order valence-corrected chi connectivity index (χ3v) is 10.3. The Bertz CT molecular complexity index is 3100. The van der Waals surface area contributed by atoms with Crippen molar-refractivity contribution in [1.82, 2.24) is 18.7 Å². The molecule has 0 fully saturated rings. The Morgan fingerprint density at radius 2 is 0.980 bits per heavy atom. The number of hydrogen-bond donors (Lipinski definition) is 0. The van der Waals surface area contributed by atoms with Crippen LogP contribution in [-0.2, 0) is 0 Å². The van der Waals surface area contributed by atoms with Gasteiger partial charge >= 0.3 is 0 Å². The SMILES string of the molecule is c1ccc(-n2c3ccncc3c3cc(-n4c5ccccc5c5ccc6c(c7ccccc7n6-c6ccc7ccccc7c6)c54)ccc32)cc1. The van der Waals surface area contributed by atoms with Crippen LogP contribution in [-0.4, -0.2) is 18.7 Å². The molecule has 4 heteroatoms. The molecule has 49 heavy (non-hydrogen) atoms. The third kappa shape index (κ3) is 3.66. The van der Waals surface area contributed by atoms with E-state index < -0.39 is 0 Å². The predicted octanol–water partition coefficient (Wildman–Crippen LogP) is 11.5.